The van der Waals surface area contributed by atoms with E-state index in [-0.39, 0.29) is 10.7 Å². The smallest absolute Gasteiger partial charge is 0.230 e. The quantitative estimate of drug-likeness (QED) is 0.580. The van der Waals surface area contributed by atoms with Crippen molar-refractivity contribution in [3.8, 4) is 0 Å². The average molecular weight is 375 g/mol. The summed E-state index contributed by atoms with van der Waals surface area (Å²) < 4.78 is 16.3. The number of carbonyl (C=O) groups is 1. The molecule has 26 heavy (non-hydrogen) atoms. The topological polar surface area (TPSA) is 55.7 Å². The molecule has 0 aromatic heterocycles. The molecule has 1 aromatic rings. The zero-order valence-corrected chi connectivity index (χ0v) is 17.2. The highest BCUT2D eigenvalue weighted by Gasteiger charge is 2.31. The highest BCUT2D eigenvalue weighted by Crippen LogP contribution is 2.33. The molecule has 1 aliphatic heterocycles. The molecule has 1 aliphatic carbocycles. The van der Waals surface area contributed by atoms with E-state index in [4.69, 9.17) is 0 Å². The van der Waals surface area contributed by atoms with Crippen LogP contribution in [-0.4, -0.2) is 27.5 Å². The molecule has 0 bridgehead atoms. The van der Waals surface area contributed by atoms with Crippen LogP contribution in [0.5, 0.6) is 0 Å². The minimum absolute atomic E-state index is 0.201. The third kappa shape index (κ3) is 4.15. The summed E-state index contributed by atoms with van der Waals surface area (Å²) in [4.78, 5) is 14.9. The third-order valence-corrected chi connectivity index (χ3v) is 6.84. The third-order valence-electron chi connectivity index (χ3n) is 5.36. The second-order valence-corrected chi connectivity index (χ2v) is 10.4. The summed E-state index contributed by atoms with van der Waals surface area (Å²) in [6, 6.07) is 6.16. The van der Waals surface area contributed by atoms with Gasteiger partial charge in [0.05, 0.1) is 5.71 Å². The molecule has 0 saturated heterocycles. The van der Waals surface area contributed by atoms with Crippen molar-refractivity contribution >= 4 is 28.7 Å². The molecular weight excluding hydrogens is 344 g/mol. The largest absolute Gasteiger partial charge is 0.591 e. The molecule has 1 fully saturated rings. The zero-order valence-electron chi connectivity index (χ0n) is 16.4. The van der Waals surface area contributed by atoms with Gasteiger partial charge in [-0.2, -0.15) is 0 Å². The Morgan fingerprint density at radius 1 is 1.23 bits per heavy atom. The molecule has 0 spiro atoms. The number of carbonyl (C=O) groups excluding carboxylic acids is 1. The number of rotatable bonds is 3. The van der Waals surface area contributed by atoms with Crippen LogP contribution >= 0.6 is 0 Å². The summed E-state index contributed by atoms with van der Waals surface area (Å²) in [5.41, 5.74) is 4.03. The fourth-order valence-electron chi connectivity index (χ4n) is 3.74. The van der Waals surface area contributed by atoms with Gasteiger partial charge in [-0.05, 0) is 64.7 Å². The van der Waals surface area contributed by atoms with Crippen molar-refractivity contribution in [2.45, 2.75) is 71.0 Å². The van der Waals surface area contributed by atoms with E-state index in [1.807, 2.05) is 44.7 Å². The minimum atomic E-state index is -1.26. The molecule has 1 unspecified atom stereocenters. The first-order chi connectivity index (χ1) is 12.3. The van der Waals surface area contributed by atoms with Crippen molar-refractivity contribution in [1.82, 2.24) is 0 Å². The number of hydrogen-bond donors (Lipinski definition) is 0. The molecule has 3 rings (SSSR count). The minimum Gasteiger partial charge on any atom is -0.591 e. The molecule has 142 valence electrons. The summed E-state index contributed by atoms with van der Waals surface area (Å²) in [7, 11) is 0. The number of benzene rings is 1. The first-order valence-electron chi connectivity index (χ1n) is 9.69. The Morgan fingerprint density at radius 3 is 2.58 bits per heavy atom. The molecule has 1 heterocycles. The molecule has 1 saturated carbocycles. The first kappa shape index (κ1) is 19.4. The molecule has 0 N–H and O–H groups in total. The molecule has 0 radical (unpaired) electrons. The van der Waals surface area contributed by atoms with Crippen LogP contribution in [0.2, 0.25) is 0 Å². The van der Waals surface area contributed by atoms with Crippen LogP contribution in [0.15, 0.2) is 22.6 Å². The lowest BCUT2D eigenvalue weighted by Crippen LogP contribution is -2.35. The maximum absolute atomic E-state index is 12.9. The number of amides is 1. The molecule has 2 aliphatic rings. The van der Waals surface area contributed by atoms with Gasteiger partial charge in [-0.15, -0.1) is 0 Å². The Morgan fingerprint density at radius 2 is 1.92 bits per heavy atom. The summed E-state index contributed by atoms with van der Waals surface area (Å²) in [5.74, 6) is 0.502. The Balaban J connectivity index is 1.78. The lowest BCUT2D eigenvalue weighted by atomic mass is 9.88. The Kier molecular flexibility index (Phi) is 5.78. The molecule has 1 aromatic carbocycles. The second kappa shape index (κ2) is 7.73. The van der Waals surface area contributed by atoms with Crippen LogP contribution in [0, 0.1) is 5.92 Å². The van der Waals surface area contributed by atoms with Crippen LogP contribution < -0.4 is 4.90 Å². The van der Waals surface area contributed by atoms with Crippen molar-refractivity contribution in [1.29, 1.82) is 0 Å². The maximum Gasteiger partial charge on any atom is 0.230 e. The van der Waals surface area contributed by atoms with Gasteiger partial charge >= 0.3 is 0 Å². The highest BCUT2D eigenvalue weighted by atomic mass is 32.2. The fourth-order valence-corrected chi connectivity index (χ4v) is 4.37. The van der Waals surface area contributed by atoms with E-state index in [1.165, 1.54) is 24.8 Å². The van der Waals surface area contributed by atoms with E-state index in [9.17, 15) is 9.35 Å². The van der Waals surface area contributed by atoms with E-state index in [2.05, 4.69) is 10.5 Å². The van der Waals surface area contributed by atoms with Crippen molar-refractivity contribution < 1.29 is 9.35 Å². The van der Waals surface area contributed by atoms with Gasteiger partial charge in [0.1, 0.15) is 16.1 Å². The van der Waals surface area contributed by atoms with Gasteiger partial charge in [-0.3, -0.25) is 4.79 Å². The van der Waals surface area contributed by atoms with Crippen LogP contribution in [-0.2, 0) is 22.6 Å². The normalized spacial score (nSPS) is 20.2. The van der Waals surface area contributed by atoms with Gasteiger partial charge in [0.2, 0.25) is 5.91 Å². The molecule has 1 atom stereocenters. The lowest BCUT2D eigenvalue weighted by Gasteiger charge is -2.26. The molecule has 1 amide bonds. The predicted octanol–water partition coefficient (Wildman–Crippen LogP) is 4.43. The van der Waals surface area contributed by atoms with Gasteiger partial charge in [0, 0.05) is 23.7 Å². The highest BCUT2D eigenvalue weighted by molar-refractivity contribution is 7.91. The molecule has 4 nitrogen and oxygen atoms in total. The van der Waals surface area contributed by atoms with E-state index < -0.39 is 11.4 Å². The van der Waals surface area contributed by atoms with Gasteiger partial charge in [0.15, 0.2) is 0 Å². The average Bonchev–Trinajstić information content (AvgIpc) is 3.04. The predicted molar refractivity (Wildman–Crippen MR) is 109 cm³/mol. The van der Waals surface area contributed by atoms with Crippen LogP contribution in [0.1, 0.15) is 70.9 Å². The second-order valence-electron chi connectivity index (χ2n) is 8.46. The summed E-state index contributed by atoms with van der Waals surface area (Å²) >= 11 is -1.26. The lowest BCUT2D eigenvalue weighted by molar-refractivity contribution is -0.123. The number of fused-ring (bicyclic) bond motifs is 1. The van der Waals surface area contributed by atoms with Crippen LogP contribution in [0.4, 0.5) is 5.69 Å². The van der Waals surface area contributed by atoms with Crippen molar-refractivity contribution in [3.05, 3.63) is 29.3 Å². The Hall–Kier alpha value is -1.33. The fraction of sp³-hybridized carbons (Fsp3) is 0.619. The van der Waals surface area contributed by atoms with Crippen molar-refractivity contribution in [2.75, 3.05) is 11.4 Å². The molecular formula is C21H30N2O2S. The van der Waals surface area contributed by atoms with Crippen molar-refractivity contribution in [3.63, 3.8) is 0 Å². The summed E-state index contributed by atoms with van der Waals surface area (Å²) in [6.07, 6.45) is 6.57. The first-order valence-corrected chi connectivity index (χ1v) is 10.8. The van der Waals surface area contributed by atoms with Crippen LogP contribution in [0.3, 0.4) is 0 Å². The van der Waals surface area contributed by atoms with Gasteiger partial charge < -0.3 is 9.45 Å². The maximum atomic E-state index is 12.9. The van der Waals surface area contributed by atoms with Gasteiger partial charge in [-0.1, -0.05) is 29.7 Å². The SMILES string of the molecule is CC(=N[S+]([O-])C(C)(C)C)c1ccc2c(c1)CCN2C(=O)C1CCCCC1. The standard InChI is InChI=1S/C21H30N2O2S/c1-15(22-26(25)21(2,3)4)17-10-11-19-18(14-17)12-13-23(19)20(24)16-8-6-5-7-9-16/h10-11,14,16H,5-9,12-13H2,1-4H3. The molecule has 5 heteroatoms. The number of nitrogens with zero attached hydrogens (tertiary/aromatic N) is 2. The van der Waals surface area contributed by atoms with E-state index in [0.29, 0.717) is 5.91 Å². The van der Waals surface area contributed by atoms with Gasteiger partial charge in [0.25, 0.3) is 0 Å². The summed E-state index contributed by atoms with van der Waals surface area (Å²) in [6.45, 7) is 8.47. The number of hydrogen-bond acceptors (Lipinski definition) is 3. The van der Waals surface area contributed by atoms with Crippen LogP contribution in [0.25, 0.3) is 0 Å². The zero-order chi connectivity index (χ0) is 18.9. The van der Waals surface area contributed by atoms with E-state index in [1.54, 1.807) is 0 Å². The number of anilines is 1. The van der Waals surface area contributed by atoms with E-state index in [0.717, 1.165) is 42.8 Å². The monoisotopic (exact) mass is 374 g/mol. The van der Waals surface area contributed by atoms with Gasteiger partial charge in [-0.25, -0.2) is 0 Å². The Labute approximate surface area is 160 Å². The Bertz CT molecular complexity index is 702. The van der Waals surface area contributed by atoms with E-state index >= 15 is 0 Å². The van der Waals surface area contributed by atoms with Crippen molar-refractivity contribution in [2.24, 2.45) is 10.3 Å². The summed E-state index contributed by atoms with van der Waals surface area (Å²) in [5, 5.41) is 0.